The van der Waals surface area contributed by atoms with E-state index in [4.69, 9.17) is 0 Å². The van der Waals surface area contributed by atoms with Gasteiger partial charge in [0.2, 0.25) is 0 Å². The average Bonchev–Trinajstić information content (AvgIpc) is 3.30. The van der Waals surface area contributed by atoms with Crippen molar-refractivity contribution in [2.75, 3.05) is 23.4 Å². The van der Waals surface area contributed by atoms with E-state index >= 15 is 0 Å². The average molecular weight is 440 g/mol. The third-order valence-corrected chi connectivity index (χ3v) is 6.68. The molecule has 4 bridgehead atoms. The number of nitrogens with zero attached hydrogens (tertiary/aromatic N) is 6. The van der Waals surface area contributed by atoms with Gasteiger partial charge in [0.25, 0.3) is 5.91 Å². The van der Waals surface area contributed by atoms with Gasteiger partial charge in [-0.25, -0.2) is 14.2 Å². The van der Waals surface area contributed by atoms with Gasteiger partial charge in [-0.2, -0.15) is 0 Å². The topological polar surface area (TPSA) is 131 Å². The molecule has 0 aliphatic carbocycles. The lowest BCUT2D eigenvalue weighted by Crippen LogP contribution is -2.37. The maximum atomic E-state index is 12.8. The first-order chi connectivity index (χ1) is 14.9. The maximum Gasteiger partial charge on any atom is 0.271 e. The number of hydrogen-bond donors (Lipinski definition) is 3. The molecule has 4 heterocycles. The number of benzene rings is 1. The minimum atomic E-state index is -1.17. The first-order valence-electron chi connectivity index (χ1n) is 9.74. The lowest BCUT2D eigenvalue weighted by molar-refractivity contribution is 0.0936. The van der Waals surface area contributed by atoms with Gasteiger partial charge in [-0.3, -0.25) is 9.00 Å². The summed E-state index contributed by atoms with van der Waals surface area (Å²) in [6, 6.07) is 5.39. The van der Waals surface area contributed by atoms with Crippen molar-refractivity contribution < 1.29 is 9.00 Å². The van der Waals surface area contributed by atoms with Crippen LogP contribution in [0.1, 0.15) is 23.0 Å². The molecule has 31 heavy (non-hydrogen) atoms. The number of nitrogens with one attached hydrogen (secondary N) is 3. The van der Waals surface area contributed by atoms with Crippen molar-refractivity contribution in [1.29, 1.82) is 0 Å². The second-order valence-electron chi connectivity index (χ2n) is 7.55. The molecule has 1 aliphatic rings. The number of fused-ring (bicyclic) bond motifs is 5. The Morgan fingerprint density at radius 1 is 1.29 bits per heavy atom. The Balaban J connectivity index is 1.74. The molecule has 1 aliphatic heterocycles. The van der Waals surface area contributed by atoms with Crippen molar-refractivity contribution in [2.45, 2.75) is 18.7 Å². The van der Waals surface area contributed by atoms with Gasteiger partial charge in [0.1, 0.15) is 5.52 Å². The molecular formula is C19H21N9O2S. The number of imidazole rings is 1. The summed E-state index contributed by atoms with van der Waals surface area (Å²) in [7, 11) is 2.43. The van der Waals surface area contributed by atoms with E-state index < -0.39 is 10.8 Å². The highest BCUT2D eigenvalue weighted by Gasteiger charge is 2.21. The van der Waals surface area contributed by atoms with E-state index in [1.165, 1.54) is 10.7 Å². The standard InChI is InChI=1S/C19H21N9O2S/c1-10-8-31(30)9-11-4-12(17-14(5-11)27(3)26-24-17)23-16-6-13(20-2)18-21-7-15(19(29)22-10)28(18)25-16/h4-7,10,20H,8-9H2,1-3H3,(H,22,29)(H,23,25)/t10-,31?/m1/s1. The van der Waals surface area contributed by atoms with E-state index in [0.717, 1.165) is 11.1 Å². The molecule has 5 rings (SSSR count). The van der Waals surface area contributed by atoms with Crippen LogP contribution in [0.25, 0.3) is 16.7 Å². The van der Waals surface area contributed by atoms with E-state index in [9.17, 15) is 9.00 Å². The Morgan fingerprint density at radius 2 is 2.13 bits per heavy atom. The minimum absolute atomic E-state index is 0.284. The summed E-state index contributed by atoms with van der Waals surface area (Å²) in [6.45, 7) is 1.84. The third kappa shape index (κ3) is 3.38. The van der Waals surface area contributed by atoms with Gasteiger partial charge < -0.3 is 16.0 Å². The molecule has 0 saturated heterocycles. The molecule has 11 nitrogen and oxygen atoms in total. The number of anilines is 3. The number of rotatable bonds is 1. The largest absolute Gasteiger partial charge is 0.385 e. The van der Waals surface area contributed by atoms with Gasteiger partial charge in [-0.1, -0.05) is 5.21 Å². The first-order valence-corrected chi connectivity index (χ1v) is 11.2. The molecule has 1 aromatic carbocycles. The Kier molecular flexibility index (Phi) is 4.58. The van der Waals surface area contributed by atoms with Crippen LogP contribution in [-0.4, -0.2) is 58.6 Å². The summed E-state index contributed by atoms with van der Waals surface area (Å²) in [4.78, 5) is 17.2. The highest BCUT2D eigenvalue weighted by molar-refractivity contribution is 7.84. The van der Waals surface area contributed by atoms with E-state index in [1.54, 1.807) is 11.7 Å². The fraction of sp³-hybridized carbons (Fsp3) is 0.316. The lowest BCUT2D eigenvalue weighted by atomic mass is 10.2. The van der Waals surface area contributed by atoms with Gasteiger partial charge in [-0.05, 0) is 24.6 Å². The zero-order valence-corrected chi connectivity index (χ0v) is 18.0. The summed E-state index contributed by atoms with van der Waals surface area (Å²) in [5.41, 5.74) is 4.61. The van der Waals surface area contributed by atoms with E-state index in [1.807, 2.05) is 32.2 Å². The number of aryl methyl sites for hydroxylation is 1. The van der Waals surface area contributed by atoms with Crippen molar-refractivity contribution in [3.8, 4) is 0 Å². The second-order valence-corrected chi connectivity index (χ2v) is 9.05. The van der Waals surface area contributed by atoms with E-state index in [2.05, 4.69) is 36.3 Å². The Bertz CT molecular complexity index is 1360. The summed E-state index contributed by atoms with van der Waals surface area (Å²) >= 11 is 0. The van der Waals surface area contributed by atoms with Crippen molar-refractivity contribution in [2.24, 2.45) is 7.05 Å². The zero-order chi connectivity index (χ0) is 21.7. The van der Waals surface area contributed by atoms with Crippen LogP contribution in [0.15, 0.2) is 24.4 Å². The number of carbonyl (C=O) groups is 1. The molecule has 160 valence electrons. The van der Waals surface area contributed by atoms with Crippen molar-refractivity contribution in [3.63, 3.8) is 0 Å². The normalized spacial score (nSPS) is 19.3. The Hall–Kier alpha value is -3.54. The highest BCUT2D eigenvalue weighted by Crippen LogP contribution is 2.29. The number of carbonyl (C=O) groups excluding carboxylic acids is 1. The van der Waals surface area contributed by atoms with Crippen molar-refractivity contribution >= 4 is 50.6 Å². The van der Waals surface area contributed by atoms with Crippen LogP contribution in [-0.2, 0) is 23.6 Å². The van der Waals surface area contributed by atoms with Gasteiger partial charge >= 0.3 is 0 Å². The van der Waals surface area contributed by atoms with E-state index in [0.29, 0.717) is 45.6 Å². The SMILES string of the molecule is CNc1cc2nn3c(cnc13)C(=O)N[C@H](C)CS(=O)Cc1cc(c3nnn(C)c3c1)N2. The molecule has 0 radical (unpaired) electrons. The van der Waals surface area contributed by atoms with Gasteiger partial charge in [-0.15, -0.1) is 10.2 Å². The van der Waals surface area contributed by atoms with Crippen LogP contribution in [0, 0.1) is 0 Å². The molecule has 2 atom stereocenters. The molecular weight excluding hydrogens is 418 g/mol. The van der Waals surface area contributed by atoms with Crippen molar-refractivity contribution in [3.05, 3.63) is 35.7 Å². The fourth-order valence-electron chi connectivity index (χ4n) is 3.74. The summed E-state index contributed by atoms with van der Waals surface area (Å²) < 4.78 is 16.0. The summed E-state index contributed by atoms with van der Waals surface area (Å²) in [5.74, 6) is 0.852. The van der Waals surface area contributed by atoms with Crippen LogP contribution in [0.4, 0.5) is 17.2 Å². The van der Waals surface area contributed by atoms with Crippen LogP contribution in [0.5, 0.6) is 0 Å². The predicted octanol–water partition coefficient (Wildman–Crippen LogP) is 1.18. The number of aromatic nitrogens is 6. The minimum Gasteiger partial charge on any atom is -0.385 e. The third-order valence-electron chi connectivity index (χ3n) is 5.15. The molecule has 0 spiro atoms. The molecule has 1 amide bonds. The van der Waals surface area contributed by atoms with Crippen LogP contribution < -0.4 is 16.0 Å². The summed E-state index contributed by atoms with van der Waals surface area (Å²) in [5, 5.41) is 22.3. The Labute approximate surface area is 179 Å². The maximum absolute atomic E-state index is 12.8. The smallest absolute Gasteiger partial charge is 0.271 e. The molecule has 3 aromatic heterocycles. The van der Waals surface area contributed by atoms with Gasteiger partial charge in [0.15, 0.2) is 17.2 Å². The molecule has 3 N–H and O–H groups in total. The lowest BCUT2D eigenvalue weighted by Gasteiger charge is -2.16. The van der Waals surface area contributed by atoms with Crippen LogP contribution in [0.3, 0.4) is 0 Å². The van der Waals surface area contributed by atoms with Gasteiger partial charge in [0.05, 0.1) is 23.1 Å². The van der Waals surface area contributed by atoms with Crippen LogP contribution >= 0.6 is 0 Å². The predicted molar refractivity (Wildman–Crippen MR) is 118 cm³/mol. The molecule has 0 saturated carbocycles. The molecule has 1 unspecified atom stereocenters. The van der Waals surface area contributed by atoms with E-state index in [-0.39, 0.29) is 11.9 Å². The van der Waals surface area contributed by atoms with Crippen LogP contribution in [0.2, 0.25) is 0 Å². The Morgan fingerprint density at radius 3 is 2.94 bits per heavy atom. The zero-order valence-electron chi connectivity index (χ0n) is 17.2. The van der Waals surface area contributed by atoms with Gasteiger partial charge in [0, 0.05) is 48.5 Å². The van der Waals surface area contributed by atoms with Crippen molar-refractivity contribution in [1.82, 2.24) is 34.9 Å². The first kappa shape index (κ1) is 19.4. The fourth-order valence-corrected chi connectivity index (χ4v) is 5.03. The highest BCUT2D eigenvalue weighted by atomic mass is 32.2. The monoisotopic (exact) mass is 439 g/mol. The molecule has 4 aromatic rings. The number of hydrogen-bond acceptors (Lipinski definition) is 8. The second kappa shape index (κ2) is 7.30. The number of amides is 1. The molecule has 0 fully saturated rings. The quantitative estimate of drug-likeness (QED) is 0.403. The molecule has 12 heteroatoms. The summed E-state index contributed by atoms with van der Waals surface area (Å²) in [6.07, 6.45) is 1.49.